The van der Waals surface area contributed by atoms with Crippen LogP contribution in [0.15, 0.2) is 22.7 Å². The van der Waals surface area contributed by atoms with Crippen LogP contribution in [0.3, 0.4) is 0 Å². The van der Waals surface area contributed by atoms with Crippen molar-refractivity contribution in [3.8, 4) is 0 Å². The third-order valence-electron chi connectivity index (χ3n) is 2.15. The van der Waals surface area contributed by atoms with E-state index in [4.69, 9.17) is 0 Å². The Hall–Kier alpha value is -0.980. The zero-order chi connectivity index (χ0) is 13.0. The van der Waals surface area contributed by atoms with E-state index in [1.807, 2.05) is 0 Å². The summed E-state index contributed by atoms with van der Waals surface area (Å²) in [6, 6.07) is 3.88. The first kappa shape index (κ1) is 14.1. The van der Waals surface area contributed by atoms with Crippen molar-refractivity contribution in [2.75, 3.05) is 6.54 Å². The molecular weight excluding hydrogens is 293 g/mol. The fourth-order valence-electron chi connectivity index (χ4n) is 1.33. The van der Waals surface area contributed by atoms with Gasteiger partial charge in [-0.2, -0.15) is 0 Å². The molecule has 0 fully saturated rings. The standard InChI is InChI=1S/C11H13BrFNO3/c1-6(15)14-5-10(16)11(17)7-2-8(12)4-9(13)3-7/h2-4,10-11,16-17H,5H2,1H3,(H,14,15). The van der Waals surface area contributed by atoms with Gasteiger partial charge in [-0.1, -0.05) is 15.9 Å². The van der Waals surface area contributed by atoms with Crippen LogP contribution in [-0.4, -0.2) is 28.8 Å². The summed E-state index contributed by atoms with van der Waals surface area (Å²) < 4.78 is 13.5. The van der Waals surface area contributed by atoms with Crippen molar-refractivity contribution < 1.29 is 19.4 Å². The lowest BCUT2D eigenvalue weighted by Gasteiger charge is -2.18. The number of hydrogen-bond acceptors (Lipinski definition) is 3. The molecule has 0 bridgehead atoms. The smallest absolute Gasteiger partial charge is 0.216 e. The SMILES string of the molecule is CC(=O)NCC(O)C(O)c1cc(F)cc(Br)c1. The summed E-state index contributed by atoms with van der Waals surface area (Å²) in [7, 11) is 0. The van der Waals surface area contributed by atoms with E-state index in [0.717, 1.165) is 6.07 Å². The van der Waals surface area contributed by atoms with Crippen molar-refractivity contribution >= 4 is 21.8 Å². The van der Waals surface area contributed by atoms with Crippen LogP contribution in [0, 0.1) is 5.82 Å². The Kier molecular flexibility index (Phi) is 5.04. The number of amides is 1. The third-order valence-corrected chi connectivity index (χ3v) is 2.61. The molecule has 0 saturated carbocycles. The Bertz CT molecular complexity index is 393. The van der Waals surface area contributed by atoms with Crippen LogP contribution >= 0.6 is 15.9 Å². The number of aliphatic hydroxyl groups is 2. The van der Waals surface area contributed by atoms with Crippen LogP contribution in [0.25, 0.3) is 0 Å². The van der Waals surface area contributed by atoms with Crippen molar-refractivity contribution in [1.29, 1.82) is 0 Å². The topological polar surface area (TPSA) is 69.6 Å². The summed E-state index contributed by atoms with van der Waals surface area (Å²) in [6.07, 6.45) is -2.44. The van der Waals surface area contributed by atoms with E-state index in [2.05, 4.69) is 21.2 Å². The van der Waals surface area contributed by atoms with Gasteiger partial charge in [0.25, 0.3) is 0 Å². The van der Waals surface area contributed by atoms with Crippen LogP contribution in [0.1, 0.15) is 18.6 Å². The molecule has 0 aliphatic heterocycles. The van der Waals surface area contributed by atoms with Crippen molar-refractivity contribution in [3.63, 3.8) is 0 Å². The predicted octanol–water partition coefficient (Wildman–Crippen LogP) is 1.12. The molecule has 0 radical (unpaired) electrons. The Balaban J connectivity index is 2.73. The molecule has 6 heteroatoms. The van der Waals surface area contributed by atoms with Crippen LogP contribution < -0.4 is 5.32 Å². The Morgan fingerprint density at radius 3 is 2.65 bits per heavy atom. The quantitative estimate of drug-likeness (QED) is 0.781. The van der Waals surface area contributed by atoms with Crippen molar-refractivity contribution in [3.05, 3.63) is 34.1 Å². The van der Waals surface area contributed by atoms with Gasteiger partial charge in [-0.05, 0) is 23.8 Å². The van der Waals surface area contributed by atoms with Crippen LogP contribution in [0.4, 0.5) is 4.39 Å². The molecule has 0 spiro atoms. The Morgan fingerprint density at radius 2 is 2.12 bits per heavy atom. The van der Waals surface area contributed by atoms with Gasteiger partial charge in [0.1, 0.15) is 18.0 Å². The lowest BCUT2D eigenvalue weighted by Crippen LogP contribution is -2.34. The number of benzene rings is 1. The van der Waals surface area contributed by atoms with Gasteiger partial charge < -0.3 is 15.5 Å². The summed E-state index contributed by atoms with van der Waals surface area (Å²) in [5.41, 5.74) is 0.245. The van der Waals surface area contributed by atoms with Crippen LogP contribution in [-0.2, 0) is 4.79 Å². The van der Waals surface area contributed by atoms with E-state index in [9.17, 15) is 19.4 Å². The van der Waals surface area contributed by atoms with E-state index in [1.54, 1.807) is 0 Å². The summed E-state index contributed by atoms with van der Waals surface area (Å²) in [6.45, 7) is 1.21. The van der Waals surface area contributed by atoms with Gasteiger partial charge >= 0.3 is 0 Å². The fraction of sp³-hybridized carbons (Fsp3) is 0.364. The molecule has 3 N–H and O–H groups in total. The highest BCUT2D eigenvalue weighted by molar-refractivity contribution is 9.10. The molecule has 4 nitrogen and oxygen atoms in total. The van der Waals surface area contributed by atoms with Crippen molar-refractivity contribution in [2.45, 2.75) is 19.1 Å². The number of carbonyl (C=O) groups excluding carboxylic acids is 1. The zero-order valence-electron chi connectivity index (χ0n) is 9.15. The van der Waals surface area contributed by atoms with Gasteiger partial charge in [-0.25, -0.2) is 4.39 Å². The lowest BCUT2D eigenvalue weighted by atomic mass is 10.0. The summed E-state index contributed by atoms with van der Waals surface area (Å²) in [4.78, 5) is 10.6. The van der Waals surface area contributed by atoms with E-state index < -0.39 is 18.0 Å². The predicted molar refractivity (Wildman–Crippen MR) is 63.8 cm³/mol. The molecule has 0 heterocycles. The minimum atomic E-state index is -1.26. The number of nitrogens with one attached hydrogen (secondary N) is 1. The molecule has 1 rings (SSSR count). The Morgan fingerprint density at radius 1 is 1.47 bits per heavy atom. The van der Waals surface area contributed by atoms with Gasteiger partial charge in [-0.3, -0.25) is 4.79 Å². The third kappa shape index (κ3) is 4.41. The minimum absolute atomic E-state index is 0.0926. The first-order chi connectivity index (χ1) is 7.90. The Labute approximate surface area is 107 Å². The summed E-state index contributed by atoms with van der Waals surface area (Å²) in [5, 5.41) is 21.7. The molecule has 17 heavy (non-hydrogen) atoms. The molecule has 2 atom stereocenters. The van der Waals surface area contributed by atoms with Gasteiger partial charge in [-0.15, -0.1) is 0 Å². The van der Waals surface area contributed by atoms with E-state index >= 15 is 0 Å². The van der Waals surface area contributed by atoms with Gasteiger partial charge in [0.2, 0.25) is 5.91 Å². The van der Waals surface area contributed by atoms with Crippen LogP contribution in [0.2, 0.25) is 0 Å². The number of rotatable bonds is 4. The van der Waals surface area contributed by atoms with Gasteiger partial charge in [0.05, 0.1) is 0 Å². The maximum Gasteiger partial charge on any atom is 0.216 e. The van der Waals surface area contributed by atoms with Crippen molar-refractivity contribution in [1.82, 2.24) is 5.32 Å². The second-order valence-corrected chi connectivity index (χ2v) is 4.57. The summed E-state index contributed by atoms with van der Waals surface area (Å²) >= 11 is 3.09. The highest BCUT2D eigenvalue weighted by Crippen LogP contribution is 2.22. The maximum absolute atomic E-state index is 13.1. The number of hydrogen-bond donors (Lipinski definition) is 3. The first-order valence-corrected chi connectivity index (χ1v) is 5.76. The molecule has 94 valence electrons. The number of halogens is 2. The molecule has 0 aliphatic carbocycles. The molecule has 1 amide bonds. The molecule has 0 saturated heterocycles. The lowest BCUT2D eigenvalue weighted by molar-refractivity contribution is -0.119. The largest absolute Gasteiger partial charge is 0.388 e. The molecular formula is C11H13BrFNO3. The van der Waals surface area contributed by atoms with E-state index in [-0.39, 0.29) is 18.0 Å². The molecule has 1 aromatic carbocycles. The van der Waals surface area contributed by atoms with Gasteiger partial charge in [0, 0.05) is 17.9 Å². The molecule has 0 aliphatic rings. The van der Waals surface area contributed by atoms with Gasteiger partial charge in [0.15, 0.2) is 0 Å². The van der Waals surface area contributed by atoms with Crippen molar-refractivity contribution in [2.24, 2.45) is 0 Å². The average Bonchev–Trinajstić information content (AvgIpc) is 2.23. The molecule has 1 aromatic rings. The average molecular weight is 306 g/mol. The second kappa shape index (κ2) is 6.09. The van der Waals surface area contributed by atoms with E-state index in [0.29, 0.717) is 4.47 Å². The monoisotopic (exact) mass is 305 g/mol. The maximum atomic E-state index is 13.1. The number of carbonyl (C=O) groups is 1. The molecule has 0 aromatic heterocycles. The normalized spacial score (nSPS) is 14.2. The second-order valence-electron chi connectivity index (χ2n) is 3.65. The minimum Gasteiger partial charge on any atom is -0.388 e. The number of aliphatic hydroxyl groups excluding tert-OH is 2. The summed E-state index contributed by atoms with van der Waals surface area (Å²) in [5.74, 6) is -0.822. The van der Waals surface area contributed by atoms with Crippen LogP contribution in [0.5, 0.6) is 0 Å². The zero-order valence-corrected chi connectivity index (χ0v) is 10.7. The highest BCUT2D eigenvalue weighted by Gasteiger charge is 2.19. The molecule has 2 unspecified atom stereocenters. The first-order valence-electron chi connectivity index (χ1n) is 4.96. The fourth-order valence-corrected chi connectivity index (χ4v) is 1.81. The highest BCUT2D eigenvalue weighted by atomic mass is 79.9. The van der Waals surface area contributed by atoms with E-state index in [1.165, 1.54) is 19.1 Å².